The molecule has 0 unspecified atom stereocenters. The standard InChI is InChI=1S/C15H9Cl2N3O2/c16-11-2-1-10(7-12(11)17)20-14(15(21)22)8-13(19-20)9-3-5-18-6-4-9/h1-8H,(H,21,22). The van der Waals surface area contributed by atoms with E-state index in [9.17, 15) is 9.90 Å². The zero-order valence-electron chi connectivity index (χ0n) is 11.1. The second-order valence-corrected chi connectivity index (χ2v) is 5.28. The molecule has 3 rings (SSSR count). The van der Waals surface area contributed by atoms with Crippen molar-refractivity contribution in [3.8, 4) is 16.9 Å². The average Bonchev–Trinajstić information content (AvgIpc) is 2.96. The molecule has 0 bridgehead atoms. The normalized spacial score (nSPS) is 10.6. The van der Waals surface area contributed by atoms with Gasteiger partial charge in [-0.25, -0.2) is 9.48 Å². The molecule has 1 N–H and O–H groups in total. The van der Waals surface area contributed by atoms with E-state index in [2.05, 4.69) is 10.1 Å². The molecule has 2 aromatic heterocycles. The third kappa shape index (κ3) is 2.68. The Morgan fingerprint density at radius 3 is 2.41 bits per heavy atom. The van der Waals surface area contributed by atoms with E-state index in [1.165, 1.54) is 10.7 Å². The van der Waals surface area contributed by atoms with Crippen molar-refractivity contribution in [2.24, 2.45) is 0 Å². The number of aromatic carboxylic acids is 1. The summed E-state index contributed by atoms with van der Waals surface area (Å²) in [5.41, 5.74) is 1.86. The van der Waals surface area contributed by atoms with Crippen LogP contribution in [0.3, 0.4) is 0 Å². The minimum atomic E-state index is -1.08. The van der Waals surface area contributed by atoms with Crippen LogP contribution in [-0.4, -0.2) is 25.8 Å². The van der Waals surface area contributed by atoms with Gasteiger partial charge >= 0.3 is 5.97 Å². The fourth-order valence-electron chi connectivity index (χ4n) is 2.01. The van der Waals surface area contributed by atoms with Gasteiger partial charge in [-0.15, -0.1) is 0 Å². The summed E-state index contributed by atoms with van der Waals surface area (Å²) < 4.78 is 1.32. The number of halogens is 2. The fraction of sp³-hybridized carbons (Fsp3) is 0. The first-order chi connectivity index (χ1) is 10.6. The van der Waals surface area contributed by atoms with Crippen LogP contribution in [0.15, 0.2) is 48.8 Å². The lowest BCUT2D eigenvalue weighted by Crippen LogP contribution is -2.07. The number of carbonyl (C=O) groups is 1. The maximum Gasteiger partial charge on any atom is 0.354 e. The van der Waals surface area contributed by atoms with Crippen LogP contribution in [-0.2, 0) is 0 Å². The van der Waals surface area contributed by atoms with Crippen LogP contribution in [0.2, 0.25) is 10.0 Å². The number of carboxylic acids is 1. The number of benzene rings is 1. The van der Waals surface area contributed by atoms with Crippen molar-refractivity contribution < 1.29 is 9.90 Å². The highest BCUT2D eigenvalue weighted by molar-refractivity contribution is 6.42. The van der Waals surface area contributed by atoms with Gasteiger partial charge in [-0.2, -0.15) is 5.10 Å². The molecule has 0 radical (unpaired) electrons. The molecule has 0 saturated carbocycles. The number of aromatic nitrogens is 3. The molecule has 22 heavy (non-hydrogen) atoms. The summed E-state index contributed by atoms with van der Waals surface area (Å²) in [4.78, 5) is 15.4. The van der Waals surface area contributed by atoms with E-state index < -0.39 is 5.97 Å². The minimum Gasteiger partial charge on any atom is -0.477 e. The molecule has 0 saturated heterocycles. The second-order valence-electron chi connectivity index (χ2n) is 4.47. The topological polar surface area (TPSA) is 68.0 Å². The van der Waals surface area contributed by atoms with Crippen molar-refractivity contribution in [3.05, 3.63) is 64.5 Å². The third-order valence-electron chi connectivity index (χ3n) is 3.05. The van der Waals surface area contributed by atoms with Crippen LogP contribution in [0.1, 0.15) is 10.5 Å². The van der Waals surface area contributed by atoms with E-state index in [1.54, 1.807) is 42.7 Å². The fourth-order valence-corrected chi connectivity index (χ4v) is 2.30. The Balaban J connectivity index is 2.16. The molecule has 0 atom stereocenters. The summed E-state index contributed by atoms with van der Waals surface area (Å²) in [5, 5.41) is 14.5. The zero-order chi connectivity index (χ0) is 15.7. The predicted molar refractivity (Wildman–Crippen MR) is 83.8 cm³/mol. The van der Waals surface area contributed by atoms with Gasteiger partial charge in [0.1, 0.15) is 0 Å². The first-order valence-corrected chi connectivity index (χ1v) is 7.01. The number of rotatable bonds is 3. The molecule has 0 spiro atoms. The molecule has 1 aromatic carbocycles. The SMILES string of the molecule is O=C(O)c1cc(-c2ccncc2)nn1-c1ccc(Cl)c(Cl)c1. The third-order valence-corrected chi connectivity index (χ3v) is 3.79. The molecule has 3 aromatic rings. The Kier molecular flexibility index (Phi) is 3.83. The maximum absolute atomic E-state index is 11.5. The zero-order valence-corrected chi connectivity index (χ0v) is 12.6. The second kappa shape index (κ2) is 5.79. The Hall–Kier alpha value is -2.37. The minimum absolute atomic E-state index is 0.0326. The van der Waals surface area contributed by atoms with Gasteiger partial charge in [0, 0.05) is 18.0 Å². The van der Waals surface area contributed by atoms with Crippen LogP contribution in [0.4, 0.5) is 0 Å². The Morgan fingerprint density at radius 1 is 1.05 bits per heavy atom. The maximum atomic E-state index is 11.5. The molecular weight excluding hydrogens is 325 g/mol. The highest BCUT2D eigenvalue weighted by Gasteiger charge is 2.17. The summed E-state index contributed by atoms with van der Waals surface area (Å²) in [5.74, 6) is -1.08. The predicted octanol–water partition coefficient (Wildman–Crippen LogP) is 3.94. The molecule has 0 aliphatic rings. The molecule has 2 heterocycles. The van der Waals surface area contributed by atoms with Gasteiger partial charge < -0.3 is 5.11 Å². The van der Waals surface area contributed by atoms with E-state index in [-0.39, 0.29) is 5.69 Å². The molecule has 110 valence electrons. The smallest absolute Gasteiger partial charge is 0.354 e. The number of pyridine rings is 1. The summed E-state index contributed by atoms with van der Waals surface area (Å²) in [7, 11) is 0. The molecule has 7 heteroatoms. The van der Waals surface area contributed by atoms with E-state index in [1.807, 2.05) is 0 Å². The molecule has 0 aliphatic carbocycles. The molecule has 5 nitrogen and oxygen atoms in total. The summed E-state index contributed by atoms with van der Waals surface area (Å²) in [6, 6.07) is 9.84. The molecule has 0 aliphatic heterocycles. The number of nitrogens with zero attached hydrogens (tertiary/aromatic N) is 3. The Morgan fingerprint density at radius 2 is 1.77 bits per heavy atom. The number of carboxylic acid groups (broad SMARTS) is 1. The Labute approximate surface area is 135 Å². The summed E-state index contributed by atoms with van der Waals surface area (Å²) in [6.07, 6.45) is 3.24. The first kappa shape index (κ1) is 14.6. The first-order valence-electron chi connectivity index (χ1n) is 6.25. The van der Waals surface area contributed by atoms with Gasteiger partial charge in [0.2, 0.25) is 0 Å². The molecule has 0 fully saturated rings. The van der Waals surface area contributed by atoms with Crippen LogP contribution in [0.25, 0.3) is 16.9 Å². The van der Waals surface area contributed by atoms with Gasteiger partial charge in [-0.1, -0.05) is 23.2 Å². The van der Waals surface area contributed by atoms with Gasteiger partial charge in [0.05, 0.1) is 21.4 Å². The van der Waals surface area contributed by atoms with E-state index in [0.29, 0.717) is 21.4 Å². The van der Waals surface area contributed by atoms with Crippen molar-refractivity contribution in [1.29, 1.82) is 0 Å². The molecule has 0 amide bonds. The number of hydrogen-bond donors (Lipinski definition) is 1. The lowest BCUT2D eigenvalue weighted by Gasteiger charge is -2.05. The van der Waals surface area contributed by atoms with E-state index in [4.69, 9.17) is 23.2 Å². The largest absolute Gasteiger partial charge is 0.477 e. The van der Waals surface area contributed by atoms with Crippen molar-refractivity contribution in [2.45, 2.75) is 0 Å². The van der Waals surface area contributed by atoms with Crippen LogP contribution in [0.5, 0.6) is 0 Å². The monoisotopic (exact) mass is 333 g/mol. The van der Waals surface area contributed by atoms with Crippen LogP contribution < -0.4 is 0 Å². The van der Waals surface area contributed by atoms with E-state index >= 15 is 0 Å². The highest BCUT2D eigenvalue weighted by Crippen LogP contribution is 2.26. The van der Waals surface area contributed by atoms with Crippen molar-refractivity contribution >= 4 is 29.2 Å². The average molecular weight is 334 g/mol. The molecular formula is C15H9Cl2N3O2. The lowest BCUT2D eigenvalue weighted by molar-refractivity contribution is 0.0687. The van der Waals surface area contributed by atoms with Gasteiger partial charge in [-0.3, -0.25) is 4.98 Å². The van der Waals surface area contributed by atoms with Gasteiger partial charge in [0.25, 0.3) is 0 Å². The number of hydrogen-bond acceptors (Lipinski definition) is 3. The van der Waals surface area contributed by atoms with E-state index in [0.717, 1.165) is 5.56 Å². The van der Waals surface area contributed by atoms with Crippen molar-refractivity contribution in [3.63, 3.8) is 0 Å². The quantitative estimate of drug-likeness (QED) is 0.788. The summed E-state index contributed by atoms with van der Waals surface area (Å²) >= 11 is 11.9. The summed E-state index contributed by atoms with van der Waals surface area (Å²) in [6.45, 7) is 0. The van der Waals surface area contributed by atoms with Gasteiger partial charge in [0.15, 0.2) is 5.69 Å². The van der Waals surface area contributed by atoms with Crippen LogP contribution >= 0.6 is 23.2 Å². The van der Waals surface area contributed by atoms with Crippen LogP contribution in [0, 0.1) is 0 Å². The lowest BCUT2D eigenvalue weighted by atomic mass is 10.2. The highest BCUT2D eigenvalue weighted by atomic mass is 35.5. The van der Waals surface area contributed by atoms with Gasteiger partial charge in [-0.05, 0) is 36.4 Å². The van der Waals surface area contributed by atoms with Crippen molar-refractivity contribution in [1.82, 2.24) is 14.8 Å². The Bertz CT molecular complexity index is 847. The van der Waals surface area contributed by atoms with Crippen molar-refractivity contribution in [2.75, 3.05) is 0 Å².